The topological polar surface area (TPSA) is 123 Å². The number of nitrogens with zero attached hydrogens (tertiary/aromatic N) is 3. The Morgan fingerprint density at radius 2 is 1.91 bits per heavy atom. The first kappa shape index (κ1) is 21.2. The van der Waals surface area contributed by atoms with E-state index < -0.39 is 16.0 Å². The molecule has 2 aromatic carbocycles. The lowest BCUT2D eigenvalue weighted by molar-refractivity contribution is -0.136. The summed E-state index contributed by atoms with van der Waals surface area (Å²) in [6.07, 6.45) is -0.204. The number of hydrogen-bond acceptors (Lipinski definition) is 7. The highest BCUT2D eigenvalue weighted by molar-refractivity contribution is 7.93. The van der Waals surface area contributed by atoms with E-state index in [0.717, 1.165) is 5.56 Å². The minimum absolute atomic E-state index is 0.149. The number of hydrogen-bond donors (Lipinski definition) is 2. The van der Waals surface area contributed by atoms with Crippen molar-refractivity contribution in [2.45, 2.75) is 18.2 Å². The first-order chi connectivity index (χ1) is 15.8. The smallest absolute Gasteiger partial charge is 0.308 e. The number of carbonyl (C=O) groups is 1. The van der Waals surface area contributed by atoms with Crippen LogP contribution in [0.4, 0.5) is 5.69 Å². The number of aromatic nitrogens is 3. The van der Waals surface area contributed by atoms with Gasteiger partial charge in [-0.05, 0) is 37.3 Å². The van der Waals surface area contributed by atoms with Gasteiger partial charge in [-0.15, -0.1) is 0 Å². The Hall–Kier alpha value is -3.70. The van der Waals surface area contributed by atoms with Gasteiger partial charge in [0.1, 0.15) is 11.4 Å². The first-order valence-corrected chi connectivity index (χ1v) is 12.2. The van der Waals surface area contributed by atoms with E-state index in [0.29, 0.717) is 44.1 Å². The Kier molecular flexibility index (Phi) is 4.94. The Morgan fingerprint density at radius 3 is 2.61 bits per heavy atom. The number of carboxylic acids is 1. The average molecular weight is 483 g/mol. The fourth-order valence-electron chi connectivity index (χ4n) is 3.78. The number of anilines is 1. The molecule has 4 aromatic rings. The zero-order chi connectivity index (χ0) is 23.3. The molecule has 0 atom stereocenters. The zero-order valence-corrected chi connectivity index (χ0v) is 19.2. The maximum Gasteiger partial charge on any atom is 0.308 e. The van der Waals surface area contributed by atoms with Crippen LogP contribution in [0.25, 0.3) is 27.6 Å². The van der Waals surface area contributed by atoms with Crippen molar-refractivity contribution in [2.75, 3.05) is 11.8 Å². The van der Waals surface area contributed by atoms with Crippen LogP contribution in [0.2, 0.25) is 0 Å². The van der Waals surface area contributed by atoms with Crippen LogP contribution >= 0.6 is 11.3 Å². The molecular formula is C22H18N4O5S2. The normalized spacial score (nSPS) is 13.6. The predicted octanol–water partition coefficient (Wildman–Crippen LogP) is 3.72. The van der Waals surface area contributed by atoms with Crippen LogP contribution in [0.1, 0.15) is 10.6 Å². The summed E-state index contributed by atoms with van der Waals surface area (Å²) in [5.74, 6) is -0.300. The number of ether oxygens (including phenoxy) is 1. The molecule has 0 aliphatic carbocycles. The Labute approximate surface area is 193 Å². The van der Waals surface area contributed by atoms with Crippen LogP contribution in [-0.2, 0) is 21.2 Å². The lowest BCUT2D eigenvalue weighted by atomic mass is 10.1. The maximum atomic E-state index is 12.7. The molecule has 1 aliphatic rings. The van der Waals surface area contributed by atoms with Crippen LogP contribution in [0, 0.1) is 6.92 Å². The number of nitrogens with one attached hydrogen (secondary N) is 1. The predicted molar refractivity (Wildman–Crippen MR) is 124 cm³/mol. The fraction of sp³-hybridized carbons (Fsp3) is 0.136. The summed E-state index contributed by atoms with van der Waals surface area (Å²) >= 11 is 1.21. The van der Waals surface area contributed by atoms with E-state index in [1.165, 1.54) is 17.4 Å². The van der Waals surface area contributed by atoms with E-state index in [2.05, 4.69) is 9.82 Å². The molecule has 3 heterocycles. The molecule has 0 amide bonds. The number of aliphatic carboxylic acids is 1. The third kappa shape index (κ3) is 3.55. The Balaban J connectivity index is 1.71. The van der Waals surface area contributed by atoms with Crippen molar-refractivity contribution in [3.63, 3.8) is 0 Å². The van der Waals surface area contributed by atoms with Gasteiger partial charge in [-0.25, -0.2) is 18.1 Å². The maximum absolute atomic E-state index is 12.7. The van der Waals surface area contributed by atoms with Gasteiger partial charge in [-0.3, -0.25) is 9.52 Å². The number of fused-ring (bicyclic) bond motifs is 3. The molecular weight excluding hydrogens is 464 g/mol. The number of methoxy groups -OCH3 is 1. The molecule has 0 fully saturated rings. The van der Waals surface area contributed by atoms with Crippen molar-refractivity contribution in [1.29, 1.82) is 0 Å². The van der Waals surface area contributed by atoms with Gasteiger partial charge < -0.3 is 9.84 Å². The average Bonchev–Trinajstić information content (AvgIpc) is 3.34. The quantitative estimate of drug-likeness (QED) is 0.444. The van der Waals surface area contributed by atoms with Crippen LogP contribution in [0.15, 0.2) is 53.4 Å². The second kappa shape index (κ2) is 7.71. The molecule has 0 bridgehead atoms. The monoisotopic (exact) mass is 482 g/mol. The molecule has 33 heavy (non-hydrogen) atoms. The second-order valence-corrected chi connectivity index (χ2v) is 10.1. The lowest BCUT2D eigenvalue weighted by Crippen LogP contribution is -2.19. The highest BCUT2D eigenvalue weighted by Gasteiger charge is 2.33. The molecule has 2 aromatic heterocycles. The van der Waals surface area contributed by atoms with E-state index >= 15 is 0 Å². The zero-order valence-electron chi connectivity index (χ0n) is 17.6. The summed E-state index contributed by atoms with van der Waals surface area (Å²) in [4.78, 5) is 17.0. The summed E-state index contributed by atoms with van der Waals surface area (Å²) in [7, 11) is -2.15. The van der Waals surface area contributed by atoms with Crippen molar-refractivity contribution in [3.8, 4) is 33.4 Å². The van der Waals surface area contributed by atoms with Crippen molar-refractivity contribution < 1.29 is 23.1 Å². The van der Waals surface area contributed by atoms with Crippen LogP contribution in [0.3, 0.4) is 0 Å². The van der Waals surface area contributed by atoms with Gasteiger partial charge in [0, 0.05) is 16.0 Å². The lowest BCUT2D eigenvalue weighted by Gasteiger charge is -2.19. The fourth-order valence-corrected chi connectivity index (χ4v) is 6.15. The van der Waals surface area contributed by atoms with Crippen LogP contribution < -0.4 is 9.46 Å². The number of aryl methyl sites for hydroxylation is 1. The molecule has 0 saturated heterocycles. The van der Waals surface area contributed by atoms with E-state index in [-0.39, 0.29) is 11.3 Å². The van der Waals surface area contributed by atoms with Crippen molar-refractivity contribution >= 4 is 33.0 Å². The van der Waals surface area contributed by atoms with E-state index in [1.54, 1.807) is 49.0 Å². The van der Waals surface area contributed by atoms with Gasteiger partial charge in [-0.2, -0.15) is 5.10 Å². The van der Waals surface area contributed by atoms with Gasteiger partial charge in [0.15, 0.2) is 0 Å². The third-order valence-electron chi connectivity index (χ3n) is 5.27. The molecule has 5 rings (SSSR count). The summed E-state index contributed by atoms with van der Waals surface area (Å²) in [6.45, 7) is 1.71. The minimum Gasteiger partial charge on any atom is -0.497 e. The van der Waals surface area contributed by atoms with E-state index in [1.807, 2.05) is 12.1 Å². The second-order valence-electron chi connectivity index (χ2n) is 7.39. The summed E-state index contributed by atoms with van der Waals surface area (Å²) in [5, 5.41) is 14.4. The first-order valence-electron chi connectivity index (χ1n) is 9.86. The van der Waals surface area contributed by atoms with Crippen molar-refractivity contribution in [1.82, 2.24) is 14.8 Å². The number of thiazole rings is 1. The van der Waals surface area contributed by atoms with Gasteiger partial charge >= 0.3 is 5.97 Å². The third-order valence-corrected chi connectivity index (χ3v) is 7.71. The summed E-state index contributed by atoms with van der Waals surface area (Å²) < 4.78 is 34.8. The van der Waals surface area contributed by atoms with Crippen molar-refractivity contribution in [3.05, 3.63) is 59.1 Å². The molecule has 168 valence electrons. The number of sulfonamides is 1. The standard InChI is InChI=1S/C22H18N4O5S2/c1-12-19-21(15-5-3-4-6-17(15)33(29,30)25-19)26(24-12)22-23-20(16(32-22)11-18(27)28)13-7-9-14(31-2)10-8-13/h3-10,25H,11H2,1-2H3,(H,27,28). The number of benzene rings is 2. The van der Waals surface area contributed by atoms with Crippen molar-refractivity contribution in [2.24, 2.45) is 0 Å². The highest BCUT2D eigenvalue weighted by Crippen LogP contribution is 2.43. The van der Waals surface area contributed by atoms with Crippen LogP contribution in [-0.4, -0.2) is 41.4 Å². The largest absolute Gasteiger partial charge is 0.497 e. The van der Waals surface area contributed by atoms with Gasteiger partial charge in [0.05, 0.1) is 35.5 Å². The van der Waals surface area contributed by atoms with E-state index in [9.17, 15) is 18.3 Å². The number of carboxylic acid groups (broad SMARTS) is 1. The Morgan fingerprint density at radius 1 is 1.18 bits per heavy atom. The Bertz CT molecular complexity index is 1500. The molecule has 1 aliphatic heterocycles. The van der Waals surface area contributed by atoms with Crippen LogP contribution in [0.5, 0.6) is 5.75 Å². The molecule has 11 heteroatoms. The summed E-state index contributed by atoms with van der Waals surface area (Å²) in [5.41, 5.74) is 3.22. The van der Waals surface area contributed by atoms with Gasteiger partial charge in [0.2, 0.25) is 5.13 Å². The van der Waals surface area contributed by atoms with Gasteiger partial charge in [-0.1, -0.05) is 29.5 Å². The molecule has 0 unspecified atom stereocenters. The highest BCUT2D eigenvalue weighted by atomic mass is 32.2. The molecule has 0 saturated carbocycles. The number of rotatable bonds is 5. The van der Waals surface area contributed by atoms with Gasteiger partial charge in [0.25, 0.3) is 10.0 Å². The SMILES string of the molecule is COc1ccc(-c2nc(-n3nc(C)c4c3-c3ccccc3S(=O)(=O)N4)sc2CC(=O)O)cc1. The molecule has 0 spiro atoms. The molecule has 2 N–H and O–H groups in total. The van der Waals surface area contributed by atoms with E-state index in [4.69, 9.17) is 9.72 Å². The minimum atomic E-state index is -3.73. The summed E-state index contributed by atoms with van der Waals surface area (Å²) in [6, 6.07) is 13.9. The molecule has 0 radical (unpaired) electrons. The molecule has 9 nitrogen and oxygen atoms in total.